The Kier molecular flexibility index (Phi) is 15.6. The molecule has 2 heteroatoms. The average molecular weight is 1120 g/mol. The number of nitrogens with zero attached hydrogens (tertiary/aromatic N) is 2. The van der Waals surface area contributed by atoms with Gasteiger partial charge in [-0.15, -0.1) is 0 Å². The first-order chi connectivity index (χ1) is 43.6. The summed E-state index contributed by atoms with van der Waals surface area (Å²) in [5.41, 5.74) is 19.0. The molecule has 0 unspecified atom stereocenters. The van der Waals surface area contributed by atoms with Crippen LogP contribution < -0.4 is 9.80 Å². The summed E-state index contributed by atoms with van der Waals surface area (Å²) in [5, 5.41) is 10.2. The molecule has 0 heterocycles. The van der Waals surface area contributed by atoms with Crippen LogP contribution in [0.4, 0.5) is 34.1 Å². The number of hydrogen-bond donors (Lipinski definition) is 0. The van der Waals surface area contributed by atoms with Crippen molar-refractivity contribution in [2.75, 3.05) is 9.80 Å². The van der Waals surface area contributed by atoms with Crippen LogP contribution in [0.3, 0.4) is 0 Å². The van der Waals surface area contributed by atoms with Crippen LogP contribution in [0.1, 0.15) is 22.3 Å². The first-order valence-corrected chi connectivity index (χ1v) is 30.1. The van der Waals surface area contributed by atoms with E-state index < -0.39 is 0 Å². The van der Waals surface area contributed by atoms with E-state index in [1.807, 2.05) is 0 Å². The molecule has 0 aromatic heterocycles. The van der Waals surface area contributed by atoms with Crippen molar-refractivity contribution >= 4 is 102 Å². The van der Waals surface area contributed by atoms with E-state index in [4.69, 9.17) is 0 Å². The molecule has 0 aliphatic carbocycles. The van der Waals surface area contributed by atoms with Gasteiger partial charge in [0.2, 0.25) is 0 Å². The van der Waals surface area contributed by atoms with E-state index in [2.05, 4.69) is 386 Å². The quantitative estimate of drug-likeness (QED) is 0.0839. The van der Waals surface area contributed by atoms with Crippen molar-refractivity contribution in [1.29, 1.82) is 0 Å². The van der Waals surface area contributed by atoms with Gasteiger partial charge in [-0.1, -0.05) is 297 Å². The van der Waals surface area contributed by atoms with Gasteiger partial charge in [0.05, 0.1) is 0 Å². The molecule has 0 N–H and O–H groups in total. The third kappa shape index (κ3) is 11.7. The second kappa shape index (κ2) is 25.3. The topological polar surface area (TPSA) is 6.48 Å². The molecule has 2 nitrogen and oxygen atoms in total. The Morgan fingerprint density at radius 3 is 0.898 bits per heavy atom. The van der Waals surface area contributed by atoms with Crippen molar-refractivity contribution in [2.45, 2.75) is 0 Å². The monoisotopic (exact) mass is 1120 g/mol. The molecule has 15 rings (SSSR count). The molecular weight excluding hydrogens is 1060 g/mol. The van der Waals surface area contributed by atoms with Crippen molar-refractivity contribution < 1.29 is 0 Å². The molecule has 88 heavy (non-hydrogen) atoms. The molecule has 0 bridgehead atoms. The van der Waals surface area contributed by atoms with Crippen LogP contribution in [0, 0.1) is 0 Å². The third-order valence-electron chi connectivity index (χ3n) is 16.5. The predicted molar refractivity (Wildman–Crippen MR) is 379 cm³/mol. The van der Waals surface area contributed by atoms with Crippen LogP contribution >= 0.6 is 0 Å². The van der Waals surface area contributed by atoms with E-state index in [1.165, 1.54) is 76.5 Å². The van der Waals surface area contributed by atoms with Gasteiger partial charge in [-0.25, -0.2) is 0 Å². The summed E-state index contributed by atoms with van der Waals surface area (Å²) in [6, 6.07) is 126. The summed E-state index contributed by atoms with van der Waals surface area (Å²) in [4.78, 5) is 4.55. The first-order valence-electron chi connectivity index (χ1n) is 30.1. The SMILES string of the molecule is C(=C\c1ccc(N(c2ccccc2)c2ccccc2)cc1)/c1ccc(/C=C/c2ccc(N(c3ccccc3)c3ccccc3)cc2)cc1.c1ccc2cc(-c3c4ccccc4c(-c4ccc(-c5cccc6ccccc56)cc4)c4ccccc34)ccc2c1. The van der Waals surface area contributed by atoms with E-state index >= 15 is 0 Å². The van der Waals surface area contributed by atoms with Crippen LogP contribution in [0.15, 0.2) is 352 Å². The molecular formula is C86H62N2. The lowest BCUT2D eigenvalue weighted by Crippen LogP contribution is -2.09. The minimum absolute atomic E-state index is 1.13. The van der Waals surface area contributed by atoms with Gasteiger partial charge in [0.25, 0.3) is 0 Å². The highest BCUT2D eigenvalue weighted by atomic mass is 15.1. The molecule has 416 valence electrons. The number of fused-ring (bicyclic) bond motifs is 4. The zero-order chi connectivity index (χ0) is 58.9. The maximum atomic E-state index is 2.34. The van der Waals surface area contributed by atoms with Crippen LogP contribution in [0.5, 0.6) is 0 Å². The summed E-state index contributed by atoms with van der Waals surface area (Å²) in [6.45, 7) is 0. The molecule has 0 aliphatic heterocycles. The Hall–Kier alpha value is -11.6. The van der Waals surface area contributed by atoms with Crippen LogP contribution in [-0.4, -0.2) is 0 Å². The lowest BCUT2D eigenvalue weighted by molar-refractivity contribution is 1.28. The summed E-state index contributed by atoms with van der Waals surface area (Å²) in [6.07, 6.45) is 8.66. The Labute approximate surface area is 515 Å². The molecule has 0 aliphatic rings. The molecule has 0 radical (unpaired) electrons. The predicted octanol–water partition coefficient (Wildman–Crippen LogP) is 24.3. The Morgan fingerprint density at radius 2 is 0.477 bits per heavy atom. The third-order valence-corrected chi connectivity index (χ3v) is 16.5. The van der Waals surface area contributed by atoms with Gasteiger partial charge in [-0.2, -0.15) is 0 Å². The van der Waals surface area contributed by atoms with Crippen LogP contribution in [-0.2, 0) is 0 Å². The minimum atomic E-state index is 1.13. The lowest BCUT2D eigenvalue weighted by Gasteiger charge is -2.25. The minimum Gasteiger partial charge on any atom is -0.311 e. The highest BCUT2D eigenvalue weighted by Gasteiger charge is 2.18. The van der Waals surface area contributed by atoms with Crippen molar-refractivity contribution in [3.05, 3.63) is 374 Å². The smallest absolute Gasteiger partial charge is 0.0462 e. The van der Waals surface area contributed by atoms with Gasteiger partial charge in [-0.3, -0.25) is 0 Å². The van der Waals surface area contributed by atoms with Crippen molar-refractivity contribution in [2.24, 2.45) is 0 Å². The van der Waals surface area contributed by atoms with Crippen LogP contribution in [0.25, 0.3) is 101 Å². The number of benzene rings is 15. The summed E-state index contributed by atoms with van der Waals surface area (Å²) in [7, 11) is 0. The Morgan fingerprint density at radius 1 is 0.182 bits per heavy atom. The molecule has 0 saturated heterocycles. The van der Waals surface area contributed by atoms with E-state index in [9.17, 15) is 0 Å². The largest absolute Gasteiger partial charge is 0.311 e. The zero-order valence-corrected chi connectivity index (χ0v) is 48.7. The fourth-order valence-electron chi connectivity index (χ4n) is 12.2. The van der Waals surface area contributed by atoms with E-state index in [-0.39, 0.29) is 0 Å². The van der Waals surface area contributed by atoms with Crippen molar-refractivity contribution in [1.82, 2.24) is 0 Å². The van der Waals surface area contributed by atoms with Crippen molar-refractivity contribution in [3.8, 4) is 33.4 Å². The van der Waals surface area contributed by atoms with Gasteiger partial charge in [0, 0.05) is 34.1 Å². The van der Waals surface area contributed by atoms with Gasteiger partial charge in [0.1, 0.15) is 0 Å². The molecule has 0 fully saturated rings. The molecule has 0 saturated carbocycles. The highest BCUT2D eigenvalue weighted by Crippen LogP contribution is 2.45. The first kappa shape index (κ1) is 54.4. The summed E-state index contributed by atoms with van der Waals surface area (Å²) in [5.74, 6) is 0. The van der Waals surface area contributed by atoms with Gasteiger partial charge in [0.15, 0.2) is 0 Å². The van der Waals surface area contributed by atoms with Gasteiger partial charge >= 0.3 is 0 Å². The number of hydrogen-bond acceptors (Lipinski definition) is 2. The fourth-order valence-corrected chi connectivity index (χ4v) is 12.2. The zero-order valence-electron chi connectivity index (χ0n) is 48.7. The van der Waals surface area contributed by atoms with Gasteiger partial charge < -0.3 is 9.80 Å². The normalized spacial score (nSPS) is 11.3. The lowest BCUT2D eigenvalue weighted by atomic mass is 9.85. The molecule has 15 aromatic carbocycles. The van der Waals surface area contributed by atoms with E-state index in [0.717, 1.165) is 56.4 Å². The number of anilines is 6. The molecule has 0 amide bonds. The van der Waals surface area contributed by atoms with Crippen LogP contribution in [0.2, 0.25) is 0 Å². The number of rotatable bonds is 13. The Balaban J connectivity index is 0.000000157. The maximum absolute atomic E-state index is 2.34. The van der Waals surface area contributed by atoms with E-state index in [0.29, 0.717) is 0 Å². The second-order valence-electron chi connectivity index (χ2n) is 22.0. The summed E-state index contributed by atoms with van der Waals surface area (Å²) >= 11 is 0. The Bertz CT molecular complexity index is 4610. The highest BCUT2D eigenvalue weighted by molar-refractivity contribution is 6.22. The van der Waals surface area contributed by atoms with E-state index in [1.54, 1.807) is 0 Å². The van der Waals surface area contributed by atoms with Gasteiger partial charge in [-0.05, 0) is 178 Å². The summed E-state index contributed by atoms with van der Waals surface area (Å²) < 4.78 is 0. The molecule has 0 atom stereocenters. The average Bonchev–Trinajstić information content (AvgIpc) is 0.953. The molecule has 15 aromatic rings. The number of para-hydroxylation sites is 4. The fraction of sp³-hybridized carbons (Fsp3) is 0. The van der Waals surface area contributed by atoms with Crippen molar-refractivity contribution in [3.63, 3.8) is 0 Å². The molecule has 0 spiro atoms. The maximum Gasteiger partial charge on any atom is 0.0462 e. The standard InChI is InChI=1S/C46H36N2.C40H26/c1-5-13-41(14-6-1)47(42-15-7-2-8-16-42)45-33-29-39(30-34-45)27-25-37-21-23-38(24-22-37)26-28-40-31-35-46(36-32-40)48(43-17-9-3-10-18-43)44-19-11-4-12-20-44;1-2-12-31-26-32(25-20-27(31)10-1)40-37-17-7-5-15-35(37)39(36-16-6-8-18-38(36)40)30-23-21-29(22-24-30)34-19-9-13-28-11-3-4-14-33(28)34/h1-36H;1-26H/b27-25+,28-26+;. The second-order valence-corrected chi connectivity index (χ2v) is 22.0.